The average molecular weight is 1120 g/mol. The molecule has 0 rings (SSSR count). The summed E-state index contributed by atoms with van der Waals surface area (Å²) in [5.41, 5.74) is 0. The molecular formula is C74H130O6. The fraction of sp³-hybridized carbons (Fsp3) is 0.770. The number of carbonyl (C=O) groups is 3. The Bertz CT molecular complexity index is 1520. The molecule has 0 fully saturated rings. The monoisotopic (exact) mass is 1110 g/mol. The zero-order valence-corrected chi connectivity index (χ0v) is 53.1. The fourth-order valence-corrected chi connectivity index (χ4v) is 9.97. The van der Waals surface area contributed by atoms with E-state index in [4.69, 9.17) is 14.2 Å². The normalized spacial score (nSPS) is 12.6. The van der Waals surface area contributed by atoms with Crippen LogP contribution in [0.15, 0.2) is 85.1 Å². The molecule has 0 saturated heterocycles. The minimum Gasteiger partial charge on any atom is -0.462 e. The Morgan fingerprint density at radius 2 is 0.487 bits per heavy atom. The maximum absolute atomic E-state index is 13.0. The van der Waals surface area contributed by atoms with Crippen LogP contribution < -0.4 is 0 Å². The van der Waals surface area contributed by atoms with Gasteiger partial charge < -0.3 is 14.2 Å². The van der Waals surface area contributed by atoms with Crippen LogP contribution in [0.5, 0.6) is 0 Å². The summed E-state index contributed by atoms with van der Waals surface area (Å²) in [6.07, 6.45) is 90.2. The molecule has 0 N–H and O–H groups in total. The van der Waals surface area contributed by atoms with Gasteiger partial charge >= 0.3 is 17.9 Å². The predicted molar refractivity (Wildman–Crippen MR) is 348 cm³/mol. The van der Waals surface area contributed by atoms with Gasteiger partial charge in [0.15, 0.2) is 6.10 Å². The van der Waals surface area contributed by atoms with Crippen molar-refractivity contribution in [3.8, 4) is 0 Å². The van der Waals surface area contributed by atoms with Crippen molar-refractivity contribution >= 4 is 17.9 Å². The number of hydrogen-bond acceptors (Lipinski definition) is 6. The van der Waals surface area contributed by atoms with E-state index in [9.17, 15) is 14.4 Å². The second-order valence-electron chi connectivity index (χ2n) is 23.1. The summed E-state index contributed by atoms with van der Waals surface area (Å²) >= 11 is 0. The average Bonchev–Trinajstić information content (AvgIpc) is 3.46. The highest BCUT2D eigenvalue weighted by molar-refractivity contribution is 5.71. The molecule has 1 unspecified atom stereocenters. The minimum atomic E-state index is -0.791. The van der Waals surface area contributed by atoms with E-state index < -0.39 is 6.10 Å². The molecule has 0 aliphatic rings. The summed E-state index contributed by atoms with van der Waals surface area (Å²) in [5, 5.41) is 0. The van der Waals surface area contributed by atoms with Crippen LogP contribution in [0.3, 0.4) is 0 Å². The number of unbranched alkanes of at least 4 members (excludes halogenated alkanes) is 38. The van der Waals surface area contributed by atoms with Gasteiger partial charge in [-0.3, -0.25) is 14.4 Å². The van der Waals surface area contributed by atoms with Crippen molar-refractivity contribution < 1.29 is 28.6 Å². The quantitative estimate of drug-likeness (QED) is 0.0261. The Balaban J connectivity index is 4.40. The zero-order chi connectivity index (χ0) is 57.8. The maximum Gasteiger partial charge on any atom is 0.306 e. The minimum absolute atomic E-state index is 0.0839. The third-order valence-electron chi connectivity index (χ3n) is 15.1. The van der Waals surface area contributed by atoms with Gasteiger partial charge in [-0.1, -0.05) is 318 Å². The summed E-state index contributed by atoms with van der Waals surface area (Å²) in [6.45, 7) is 6.55. The Kier molecular flexibility index (Phi) is 65.2. The van der Waals surface area contributed by atoms with Crippen LogP contribution in [0.25, 0.3) is 0 Å². The lowest BCUT2D eigenvalue weighted by Crippen LogP contribution is -2.30. The van der Waals surface area contributed by atoms with Crippen molar-refractivity contribution in [2.75, 3.05) is 13.2 Å². The SMILES string of the molecule is CC/C=C\C/C=C\C/C=C\C/C=C\CCCCCCCCC(=O)OCC(COC(=O)CCCCCCCCCCCCCCCCCCCCCCCC)OC(=O)CCCCCCCC/C=C\C/C=C\C/C=C\CCCCCCC. The Hall–Kier alpha value is -3.41. The van der Waals surface area contributed by atoms with Crippen LogP contribution in [-0.4, -0.2) is 37.2 Å². The molecule has 462 valence electrons. The van der Waals surface area contributed by atoms with Gasteiger partial charge in [-0.25, -0.2) is 0 Å². The van der Waals surface area contributed by atoms with Crippen LogP contribution in [0, 0.1) is 0 Å². The van der Waals surface area contributed by atoms with Crippen molar-refractivity contribution in [1.29, 1.82) is 0 Å². The third kappa shape index (κ3) is 65.4. The molecule has 0 heterocycles. The van der Waals surface area contributed by atoms with Gasteiger partial charge in [0.1, 0.15) is 13.2 Å². The largest absolute Gasteiger partial charge is 0.462 e. The molecular weight excluding hydrogens is 985 g/mol. The highest BCUT2D eigenvalue weighted by Crippen LogP contribution is 2.17. The molecule has 0 bridgehead atoms. The van der Waals surface area contributed by atoms with E-state index in [0.29, 0.717) is 19.3 Å². The molecule has 0 aliphatic carbocycles. The standard InChI is InChI=1S/C74H130O6/c1-4-7-10-13-16-19-22-25-28-31-34-36-38-40-43-46-49-52-55-58-61-64-67-73(76)79-70-71(69-78-72(75)66-63-60-57-54-51-48-45-42-39-33-30-27-24-21-18-15-12-9-6-3)80-74(77)68-65-62-59-56-53-50-47-44-41-37-35-32-29-26-23-20-17-14-11-8-5-2/h9,12,18,21,23,26-27,30,32,35,39,41-42,44,71H,4-8,10-11,13-17,19-20,22,24-25,28-29,31,33-34,36-38,40,43,45-70H2,1-3H3/b12-9-,21-18-,26-23-,30-27-,35-32-,42-39-,44-41-. The van der Waals surface area contributed by atoms with Crippen molar-refractivity contribution in [2.45, 2.75) is 354 Å². The summed E-state index contributed by atoms with van der Waals surface area (Å²) in [4.78, 5) is 38.5. The van der Waals surface area contributed by atoms with E-state index in [1.54, 1.807) is 0 Å². The molecule has 80 heavy (non-hydrogen) atoms. The van der Waals surface area contributed by atoms with Gasteiger partial charge in [0.25, 0.3) is 0 Å². The lowest BCUT2D eigenvalue weighted by molar-refractivity contribution is -0.167. The maximum atomic E-state index is 13.0. The molecule has 6 heteroatoms. The highest BCUT2D eigenvalue weighted by atomic mass is 16.6. The second kappa shape index (κ2) is 68.1. The molecule has 0 saturated carbocycles. The first-order valence-corrected chi connectivity index (χ1v) is 34.6. The Morgan fingerprint density at radius 1 is 0.263 bits per heavy atom. The van der Waals surface area contributed by atoms with Crippen LogP contribution >= 0.6 is 0 Å². The van der Waals surface area contributed by atoms with Gasteiger partial charge in [-0.15, -0.1) is 0 Å². The fourth-order valence-electron chi connectivity index (χ4n) is 9.97. The first-order valence-electron chi connectivity index (χ1n) is 34.6. The summed E-state index contributed by atoms with van der Waals surface area (Å²) in [5.74, 6) is -0.893. The number of carbonyl (C=O) groups excluding carboxylic acids is 3. The van der Waals surface area contributed by atoms with Gasteiger partial charge in [-0.2, -0.15) is 0 Å². The van der Waals surface area contributed by atoms with Gasteiger partial charge in [0.05, 0.1) is 0 Å². The molecule has 0 spiro atoms. The van der Waals surface area contributed by atoms with E-state index >= 15 is 0 Å². The zero-order valence-electron chi connectivity index (χ0n) is 53.1. The van der Waals surface area contributed by atoms with Gasteiger partial charge in [0, 0.05) is 19.3 Å². The number of hydrogen-bond donors (Lipinski definition) is 0. The molecule has 0 aromatic rings. The molecule has 0 aliphatic heterocycles. The summed E-state index contributed by atoms with van der Waals surface area (Å²) < 4.78 is 17.0. The summed E-state index contributed by atoms with van der Waals surface area (Å²) in [7, 11) is 0. The van der Waals surface area contributed by atoms with Gasteiger partial charge in [-0.05, 0) is 96.3 Å². The molecule has 6 nitrogen and oxygen atoms in total. The first kappa shape index (κ1) is 76.6. The lowest BCUT2D eigenvalue weighted by atomic mass is 10.0. The van der Waals surface area contributed by atoms with E-state index in [2.05, 4.69) is 106 Å². The summed E-state index contributed by atoms with van der Waals surface area (Å²) in [6, 6.07) is 0. The number of allylic oxidation sites excluding steroid dienone is 14. The van der Waals surface area contributed by atoms with Crippen molar-refractivity contribution in [2.24, 2.45) is 0 Å². The number of ether oxygens (including phenoxy) is 3. The highest BCUT2D eigenvalue weighted by Gasteiger charge is 2.19. The van der Waals surface area contributed by atoms with E-state index in [-0.39, 0.29) is 31.1 Å². The Morgan fingerprint density at radius 3 is 0.762 bits per heavy atom. The molecule has 0 aromatic heterocycles. The molecule has 1 atom stereocenters. The van der Waals surface area contributed by atoms with Gasteiger partial charge in [0.2, 0.25) is 0 Å². The van der Waals surface area contributed by atoms with Crippen molar-refractivity contribution in [3.05, 3.63) is 85.1 Å². The number of rotatable bonds is 63. The van der Waals surface area contributed by atoms with Crippen LogP contribution in [0.2, 0.25) is 0 Å². The Labute approximate surface area is 496 Å². The van der Waals surface area contributed by atoms with Crippen LogP contribution in [0.1, 0.15) is 348 Å². The third-order valence-corrected chi connectivity index (χ3v) is 15.1. The molecule has 0 aromatic carbocycles. The second-order valence-corrected chi connectivity index (χ2v) is 23.1. The van der Waals surface area contributed by atoms with E-state index in [1.807, 2.05) is 0 Å². The van der Waals surface area contributed by atoms with Crippen LogP contribution in [-0.2, 0) is 28.6 Å². The van der Waals surface area contributed by atoms with E-state index in [0.717, 1.165) is 116 Å². The topological polar surface area (TPSA) is 78.9 Å². The number of esters is 3. The molecule has 0 amide bonds. The smallest absolute Gasteiger partial charge is 0.306 e. The van der Waals surface area contributed by atoms with Crippen molar-refractivity contribution in [1.82, 2.24) is 0 Å². The molecule has 0 radical (unpaired) electrons. The first-order chi connectivity index (χ1) is 39.5. The van der Waals surface area contributed by atoms with Crippen molar-refractivity contribution in [3.63, 3.8) is 0 Å². The van der Waals surface area contributed by atoms with Crippen LogP contribution in [0.4, 0.5) is 0 Å². The predicted octanol–water partition coefficient (Wildman–Crippen LogP) is 23.8. The van der Waals surface area contributed by atoms with E-state index in [1.165, 1.54) is 193 Å². The lowest BCUT2D eigenvalue weighted by Gasteiger charge is -2.18.